The number of hydrazone groups is 1. The summed E-state index contributed by atoms with van der Waals surface area (Å²) < 4.78 is 13.4. The first-order valence-electron chi connectivity index (χ1n) is 5.29. The molecule has 5 nitrogen and oxygen atoms in total. The standard InChI is InChI=1S/C11H9FN4OS/c1-5-2-7-8(3-6(5)12)14-10(13-7)9-4-18-11(17)16-15-9/h2-3H,4H2,1H3,(H,13,14)(H,16,17). The Hall–Kier alpha value is -1.89. The molecule has 0 unspecified atom stereocenters. The number of H-pyrrole nitrogens is 1. The van der Waals surface area contributed by atoms with Crippen molar-refractivity contribution in [3.05, 3.63) is 29.3 Å². The zero-order valence-electron chi connectivity index (χ0n) is 9.45. The quantitative estimate of drug-likeness (QED) is 0.829. The minimum Gasteiger partial charge on any atom is -0.337 e. The Morgan fingerprint density at radius 2 is 2.28 bits per heavy atom. The van der Waals surface area contributed by atoms with Gasteiger partial charge in [-0.3, -0.25) is 4.79 Å². The highest BCUT2D eigenvalue weighted by molar-refractivity contribution is 8.14. The average molecular weight is 264 g/mol. The molecule has 0 radical (unpaired) electrons. The van der Waals surface area contributed by atoms with Gasteiger partial charge in [0.15, 0.2) is 5.82 Å². The lowest BCUT2D eigenvalue weighted by atomic mass is 10.2. The van der Waals surface area contributed by atoms with Crippen LogP contribution in [0.2, 0.25) is 0 Å². The smallest absolute Gasteiger partial charge is 0.299 e. The van der Waals surface area contributed by atoms with Gasteiger partial charge in [0.2, 0.25) is 0 Å². The topological polar surface area (TPSA) is 70.1 Å². The van der Waals surface area contributed by atoms with Gasteiger partial charge in [0.25, 0.3) is 5.24 Å². The van der Waals surface area contributed by atoms with Crippen LogP contribution >= 0.6 is 11.8 Å². The van der Waals surface area contributed by atoms with Crippen LogP contribution in [-0.2, 0) is 0 Å². The van der Waals surface area contributed by atoms with E-state index in [1.807, 2.05) is 0 Å². The molecule has 2 heterocycles. The Labute approximate surface area is 106 Å². The Morgan fingerprint density at radius 1 is 1.44 bits per heavy atom. The van der Waals surface area contributed by atoms with Gasteiger partial charge in [0, 0.05) is 6.07 Å². The van der Waals surface area contributed by atoms with Crippen LogP contribution in [0.25, 0.3) is 11.0 Å². The van der Waals surface area contributed by atoms with Crippen molar-refractivity contribution in [1.82, 2.24) is 15.4 Å². The molecule has 0 atom stereocenters. The van der Waals surface area contributed by atoms with Crippen LogP contribution in [0.3, 0.4) is 0 Å². The minimum absolute atomic E-state index is 0.184. The molecule has 1 aromatic carbocycles. The number of hydrogen-bond acceptors (Lipinski definition) is 4. The summed E-state index contributed by atoms with van der Waals surface area (Å²) >= 11 is 1.12. The zero-order chi connectivity index (χ0) is 12.7. The van der Waals surface area contributed by atoms with E-state index in [2.05, 4.69) is 20.5 Å². The minimum atomic E-state index is -0.284. The number of thioether (sulfide) groups is 1. The van der Waals surface area contributed by atoms with Crippen molar-refractivity contribution in [1.29, 1.82) is 0 Å². The number of nitrogens with one attached hydrogen (secondary N) is 2. The van der Waals surface area contributed by atoms with Gasteiger partial charge in [-0.1, -0.05) is 11.8 Å². The zero-order valence-corrected chi connectivity index (χ0v) is 10.3. The fourth-order valence-corrected chi connectivity index (χ4v) is 2.29. The molecule has 0 fully saturated rings. The number of aryl methyl sites for hydroxylation is 1. The van der Waals surface area contributed by atoms with E-state index in [4.69, 9.17) is 0 Å². The van der Waals surface area contributed by atoms with Gasteiger partial charge in [-0.05, 0) is 18.6 Å². The normalized spacial score (nSPS) is 15.7. The van der Waals surface area contributed by atoms with E-state index in [1.54, 1.807) is 13.0 Å². The molecule has 1 aromatic heterocycles. The summed E-state index contributed by atoms with van der Waals surface area (Å²) in [6, 6.07) is 3.09. The summed E-state index contributed by atoms with van der Waals surface area (Å²) in [5.74, 6) is 0.726. The molecule has 7 heteroatoms. The summed E-state index contributed by atoms with van der Waals surface area (Å²) in [5, 5.41) is 3.75. The van der Waals surface area contributed by atoms with E-state index in [0.29, 0.717) is 28.4 Å². The molecular weight excluding hydrogens is 255 g/mol. The number of rotatable bonds is 1. The number of aromatic amines is 1. The number of hydrogen-bond donors (Lipinski definition) is 2. The van der Waals surface area contributed by atoms with E-state index >= 15 is 0 Å². The molecule has 2 aromatic rings. The molecule has 1 amide bonds. The maximum atomic E-state index is 13.4. The predicted molar refractivity (Wildman–Crippen MR) is 68.3 cm³/mol. The molecule has 0 bridgehead atoms. The lowest BCUT2D eigenvalue weighted by molar-refractivity contribution is 0.261. The van der Waals surface area contributed by atoms with Gasteiger partial charge in [-0.15, -0.1) is 0 Å². The summed E-state index contributed by atoms with van der Waals surface area (Å²) in [5.41, 5.74) is 4.90. The fraction of sp³-hybridized carbons (Fsp3) is 0.182. The number of amides is 1. The maximum Gasteiger partial charge on any atom is 0.299 e. The lowest BCUT2D eigenvalue weighted by Crippen LogP contribution is -2.24. The molecule has 1 aliphatic heterocycles. The Kier molecular flexibility index (Phi) is 2.55. The Balaban J connectivity index is 2.06. The lowest BCUT2D eigenvalue weighted by Gasteiger charge is -2.08. The van der Waals surface area contributed by atoms with Gasteiger partial charge in [-0.2, -0.15) is 5.10 Å². The number of fused-ring (bicyclic) bond motifs is 1. The van der Waals surface area contributed by atoms with Crippen molar-refractivity contribution >= 4 is 33.7 Å². The number of aromatic nitrogens is 2. The van der Waals surface area contributed by atoms with Crippen molar-refractivity contribution in [2.75, 3.05) is 5.75 Å². The van der Waals surface area contributed by atoms with Crippen LogP contribution in [0.4, 0.5) is 9.18 Å². The molecule has 0 saturated carbocycles. The first-order chi connectivity index (χ1) is 8.63. The summed E-state index contributed by atoms with van der Waals surface area (Å²) in [6.07, 6.45) is 0. The monoisotopic (exact) mass is 264 g/mol. The second-order valence-corrected chi connectivity index (χ2v) is 4.90. The van der Waals surface area contributed by atoms with Crippen LogP contribution in [0, 0.1) is 12.7 Å². The van der Waals surface area contributed by atoms with Gasteiger partial charge >= 0.3 is 0 Å². The molecule has 92 valence electrons. The van der Waals surface area contributed by atoms with Crippen molar-refractivity contribution in [3.8, 4) is 0 Å². The van der Waals surface area contributed by atoms with Crippen molar-refractivity contribution in [2.45, 2.75) is 6.92 Å². The molecule has 1 aliphatic rings. The van der Waals surface area contributed by atoms with E-state index in [1.165, 1.54) is 6.07 Å². The van der Waals surface area contributed by atoms with Crippen LogP contribution in [0.15, 0.2) is 17.2 Å². The number of imidazole rings is 1. The number of nitrogens with zero attached hydrogens (tertiary/aromatic N) is 2. The average Bonchev–Trinajstić information content (AvgIpc) is 2.73. The van der Waals surface area contributed by atoms with Gasteiger partial charge in [-0.25, -0.2) is 14.8 Å². The molecule has 3 rings (SSSR count). The third-order valence-electron chi connectivity index (χ3n) is 2.66. The SMILES string of the molecule is Cc1cc2[nH]c(C3=NNC(=O)SC3)nc2cc1F. The van der Waals surface area contributed by atoms with E-state index in [9.17, 15) is 9.18 Å². The van der Waals surface area contributed by atoms with E-state index in [-0.39, 0.29) is 11.1 Å². The highest BCUT2D eigenvalue weighted by Gasteiger charge is 2.17. The molecule has 0 saturated heterocycles. The van der Waals surface area contributed by atoms with E-state index in [0.717, 1.165) is 17.3 Å². The molecule has 0 aliphatic carbocycles. The summed E-state index contributed by atoms with van der Waals surface area (Å²) in [4.78, 5) is 18.3. The molecule has 18 heavy (non-hydrogen) atoms. The first-order valence-corrected chi connectivity index (χ1v) is 6.27. The first kappa shape index (κ1) is 11.2. The molecule has 2 N–H and O–H groups in total. The third kappa shape index (κ3) is 1.86. The highest BCUT2D eigenvalue weighted by atomic mass is 32.2. The number of benzene rings is 1. The van der Waals surface area contributed by atoms with Crippen molar-refractivity contribution < 1.29 is 9.18 Å². The van der Waals surface area contributed by atoms with Crippen molar-refractivity contribution in [2.24, 2.45) is 5.10 Å². The highest BCUT2D eigenvalue weighted by Crippen LogP contribution is 2.18. The predicted octanol–water partition coefficient (Wildman–Crippen LogP) is 2.17. The van der Waals surface area contributed by atoms with Crippen LogP contribution in [0.5, 0.6) is 0 Å². The summed E-state index contributed by atoms with van der Waals surface area (Å²) in [6.45, 7) is 1.70. The molecule has 0 spiro atoms. The number of carbonyl (C=O) groups excluding carboxylic acids is 1. The molecular formula is C11H9FN4OS. The van der Waals surface area contributed by atoms with Gasteiger partial charge in [0.1, 0.15) is 11.5 Å². The van der Waals surface area contributed by atoms with Crippen LogP contribution in [0.1, 0.15) is 11.4 Å². The van der Waals surface area contributed by atoms with Crippen molar-refractivity contribution in [3.63, 3.8) is 0 Å². The largest absolute Gasteiger partial charge is 0.337 e. The fourth-order valence-electron chi connectivity index (χ4n) is 1.71. The summed E-state index contributed by atoms with van der Waals surface area (Å²) in [7, 11) is 0. The van der Waals surface area contributed by atoms with Crippen LogP contribution < -0.4 is 5.43 Å². The van der Waals surface area contributed by atoms with Crippen LogP contribution in [-0.4, -0.2) is 26.7 Å². The van der Waals surface area contributed by atoms with Gasteiger partial charge in [0.05, 0.1) is 16.8 Å². The number of halogens is 1. The number of carbonyl (C=O) groups is 1. The maximum absolute atomic E-state index is 13.4. The third-order valence-corrected chi connectivity index (χ3v) is 3.43. The Morgan fingerprint density at radius 3 is 3.00 bits per heavy atom. The second-order valence-electron chi connectivity index (χ2n) is 3.95. The van der Waals surface area contributed by atoms with Gasteiger partial charge < -0.3 is 4.98 Å². The Bertz CT molecular complexity index is 640. The van der Waals surface area contributed by atoms with E-state index < -0.39 is 0 Å². The second kappa shape index (κ2) is 4.09.